The van der Waals surface area contributed by atoms with Crippen LogP contribution in [-0.2, 0) is 28.5 Å². The molecular weight excluding hydrogens is 330 g/mol. The van der Waals surface area contributed by atoms with Gasteiger partial charge in [-0.05, 0) is 25.5 Å². The summed E-state index contributed by atoms with van der Waals surface area (Å²) in [5.74, 6) is 0.364. The molecule has 0 spiro atoms. The van der Waals surface area contributed by atoms with Crippen molar-refractivity contribution in [1.29, 1.82) is 0 Å². The Bertz CT molecular complexity index is 582. The van der Waals surface area contributed by atoms with Crippen molar-refractivity contribution in [3.8, 4) is 0 Å². The molecule has 0 aromatic rings. The van der Waals surface area contributed by atoms with Crippen LogP contribution in [0, 0.1) is 0 Å². The molecule has 0 bridgehead atoms. The summed E-state index contributed by atoms with van der Waals surface area (Å²) in [6.45, 7) is 4.45. The first kappa shape index (κ1) is 19.3. The van der Waals surface area contributed by atoms with Crippen molar-refractivity contribution >= 4 is 5.97 Å². The van der Waals surface area contributed by atoms with Gasteiger partial charge in [0.25, 0.3) is 0 Å². The standard InChI is InChI=1S/C17H25NO7/c1-5-18-8-11(17(20)23-6-2)13(19)10-7-12-15(25-9-24-12)16(22-4)14(10)21-3/h7-8,13-14,16,18-19H,5-6,9H2,1-4H3/b11-8-. The second kappa shape index (κ2) is 8.89. The number of methoxy groups -OCH3 is 2. The number of allylic oxidation sites excluding steroid dienone is 1. The van der Waals surface area contributed by atoms with E-state index < -0.39 is 24.3 Å². The van der Waals surface area contributed by atoms with E-state index in [0.717, 1.165) is 0 Å². The van der Waals surface area contributed by atoms with E-state index in [0.29, 0.717) is 23.6 Å². The van der Waals surface area contributed by atoms with E-state index in [1.54, 1.807) is 13.0 Å². The lowest BCUT2D eigenvalue weighted by atomic mass is 9.89. The monoisotopic (exact) mass is 355 g/mol. The summed E-state index contributed by atoms with van der Waals surface area (Å²) < 4.78 is 26.9. The number of hydrogen-bond acceptors (Lipinski definition) is 8. The number of ether oxygens (including phenoxy) is 5. The number of carbonyl (C=O) groups is 1. The topological polar surface area (TPSA) is 95.5 Å². The smallest absolute Gasteiger partial charge is 0.338 e. The van der Waals surface area contributed by atoms with Gasteiger partial charge in [0.15, 0.2) is 11.5 Å². The van der Waals surface area contributed by atoms with E-state index in [1.807, 2.05) is 6.92 Å². The number of rotatable bonds is 8. The summed E-state index contributed by atoms with van der Waals surface area (Å²) >= 11 is 0. The number of esters is 1. The minimum atomic E-state index is -1.25. The molecule has 8 heteroatoms. The Morgan fingerprint density at radius 1 is 1.36 bits per heavy atom. The van der Waals surface area contributed by atoms with Gasteiger partial charge in [-0.15, -0.1) is 0 Å². The third-order valence-corrected chi connectivity index (χ3v) is 3.92. The molecule has 0 saturated heterocycles. The second-order valence-electron chi connectivity index (χ2n) is 5.37. The molecule has 0 aromatic carbocycles. The van der Waals surface area contributed by atoms with Crippen LogP contribution in [0.4, 0.5) is 0 Å². The van der Waals surface area contributed by atoms with Crippen molar-refractivity contribution in [3.63, 3.8) is 0 Å². The quantitative estimate of drug-likeness (QED) is 0.482. The maximum atomic E-state index is 12.2. The molecule has 3 atom stereocenters. The van der Waals surface area contributed by atoms with Gasteiger partial charge in [0.05, 0.1) is 12.2 Å². The van der Waals surface area contributed by atoms with Crippen LogP contribution in [0.5, 0.6) is 0 Å². The van der Waals surface area contributed by atoms with Gasteiger partial charge in [0.2, 0.25) is 6.79 Å². The number of aliphatic hydroxyl groups is 1. The van der Waals surface area contributed by atoms with Crippen molar-refractivity contribution < 1.29 is 33.6 Å². The van der Waals surface area contributed by atoms with Gasteiger partial charge in [-0.1, -0.05) is 0 Å². The summed E-state index contributed by atoms with van der Waals surface area (Å²) in [5, 5.41) is 13.8. The summed E-state index contributed by atoms with van der Waals surface area (Å²) in [4.78, 5) is 12.2. The predicted octanol–water partition coefficient (Wildman–Crippen LogP) is 0.590. The van der Waals surface area contributed by atoms with Crippen LogP contribution in [0.25, 0.3) is 0 Å². The van der Waals surface area contributed by atoms with Gasteiger partial charge in [-0.3, -0.25) is 0 Å². The fourth-order valence-electron chi connectivity index (χ4n) is 2.76. The maximum absolute atomic E-state index is 12.2. The van der Waals surface area contributed by atoms with Crippen LogP contribution in [0.2, 0.25) is 0 Å². The lowest BCUT2D eigenvalue weighted by molar-refractivity contribution is -0.139. The second-order valence-corrected chi connectivity index (χ2v) is 5.37. The molecule has 0 fully saturated rings. The lowest BCUT2D eigenvalue weighted by Gasteiger charge is -2.32. The molecule has 1 aliphatic carbocycles. The van der Waals surface area contributed by atoms with Crippen LogP contribution in [0.3, 0.4) is 0 Å². The molecule has 2 N–H and O–H groups in total. The minimum absolute atomic E-state index is 0.0683. The highest BCUT2D eigenvalue weighted by atomic mass is 16.7. The third-order valence-electron chi connectivity index (χ3n) is 3.92. The average Bonchev–Trinajstić information content (AvgIpc) is 3.08. The van der Waals surface area contributed by atoms with Gasteiger partial charge in [0.1, 0.15) is 18.3 Å². The Kier molecular flexibility index (Phi) is 6.86. The Morgan fingerprint density at radius 3 is 2.68 bits per heavy atom. The van der Waals surface area contributed by atoms with Crippen LogP contribution < -0.4 is 5.32 Å². The fourth-order valence-corrected chi connectivity index (χ4v) is 2.76. The molecule has 1 aliphatic heterocycles. The van der Waals surface area contributed by atoms with Crippen LogP contribution in [0.1, 0.15) is 13.8 Å². The number of aliphatic hydroxyl groups excluding tert-OH is 1. The van der Waals surface area contributed by atoms with E-state index in [1.165, 1.54) is 20.4 Å². The molecule has 0 radical (unpaired) electrons. The van der Waals surface area contributed by atoms with Crippen molar-refractivity contribution in [1.82, 2.24) is 5.32 Å². The number of carbonyl (C=O) groups excluding carboxylic acids is 1. The number of hydrogen-bond donors (Lipinski definition) is 2. The zero-order valence-electron chi connectivity index (χ0n) is 14.9. The van der Waals surface area contributed by atoms with Crippen LogP contribution in [-0.4, -0.2) is 63.6 Å². The Labute approximate surface area is 147 Å². The first-order valence-corrected chi connectivity index (χ1v) is 8.14. The summed E-state index contributed by atoms with van der Waals surface area (Å²) in [6, 6.07) is 0. The van der Waals surface area contributed by atoms with Gasteiger partial charge in [-0.25, -0.2) is 4.79 Å². The predicted molar refractivity (Wildman–Crippen MR) is 88.1 cm³/mol. The molecule has 1 heterocycles. The Balaban J connectivity index is 2.39. The molecule has 2 rings (SSSR count). The van der Waals surface area contributed by atoms with Crippen molar-refractivity contribution in [2.24, 2.45) is 0 Å². The molecule has 3 unspecified atom stereocenters. The SMILES string of the molecule is CCN/C=C(\C(=O)OCC)C(O)C1=CC2=C(OCO2)C(OC)C1OC. The normalized spacial score (nSPS) is 24.0. The first-order chi connectivity index (χ1) is 12.1. The molecule has 0 amide bonds. The summed E-state index contributed by atoms with van der Waals surface area (Å²) in [7, 11) is 3.01. The lowest BCUT2D eigenvalue weighted by Crippen LogP contribution is -2.41. The van der Waals surface area contributed by atoms with Crippen molar-refractivity contribution in [2.75, 3.05) is 34.2 Å². The molecule has 0 saturated carbocycles. The van der Waals surface area contributed by atoms with E-state index in [4.69, 9.17) is 23.7 Å². The van der Waals surface area contributed by atoms with Crippen LogP contribution >= 0.6 is 0 Å². The molecule has 25 heavy (non-hydrogen) atoms. The molecule has 8 nitrogen and oxygen atoms in total. The van der Waals surface area contributed by atoms with E-state index in [9.17, 15) is 9.90 Å². The average molecular weight is 355 g/mol. The van der Waals surface area contributed by atoms with Gasteiger partial charge in [0, 0.05) is 27.0 Å². The highest BCUT2D eigenvalue weighted by Crippen LogP contribution is 2.36. The first-order valence-electron chi connectivity index (χ1n) is 8.14. The Hall–Kier alpha value is -2.03. The zero-order valence-corrected chi connectivity index (χ0v) is 14.9. The highest BCUT2D eigenvalue weighted by molar-refractivity contribution is 5.90. The molecule has 0 aromatic heterocycles. The van der Waals surface area contributed by atoms with Crippen molar-refractivity contribution in [2.45, 2.75) is 32.2 Å². The zero-order chi connectivity index (χ0) is 18.4. The van der Waals surface area contributed by atoms with Gasteiger partial charge >= 0.3 is 5.97 Å². The molecule has 140 valence electrons. The largest absolute Gasteiger partial charge is 0.463 e. The van der Waals surface area contributed by atoms with Crippen molar-refractivity contribution in [3.05, 3.63) is 34.9 Å². The fraction of sp³-hybridized carbons (Fsp3) is 0.588. The maximum Gasteiger partial charge on any atom is 0.338 e. The minimum Gasteiger partial charge on any atom is -0.463 e. The third kappa shape index (κ3) is 3.97. The summed E-state index contributed by atoms with van der Waals surface area (Å²) in [6.07, 6.45) is 0.600. The van der Waals surface area contributed by atoms with E-state index >= 15 is 0 Å². The van der Waals surface area contributed by atoms with E-state index in [-0.39, 0.29) is 19.0 Å². The highest BCUT2D eigenvalue weighted by Gasteiger charge is 2.42. The van der Waals surface area contributed by atoms with E-state index in [2.05, 4.69) is 5.32 Å². The summed E-state index contributed by atoms with van der Waals surface area (Å²) in [5.41, 5.74) is 0.505. The van der Waals surface area contributed by atoms with Crippen LogP contribution in [0.15, 0.2) is 34.9 Å². The van der Waals surface area contributed by atoms with Gasteiger partial charge in [-0.2, -0.15) is 0 Å². The Morgan fingerprint density at radius 2 is 2.08 bits per heavy atom. The number of nitrogens with one attached hydrogen (secondary N) is 1. The molecular formula is C17H25NO7. The molecule has 2 aliphatic rings. The van der Waals surface area contributed by atoms with Gasteiger partial charge < -0.3 is 34.1 Å².